The van der Waals surface area contributed by atoms with Crippen LogP contribution in [0.3, 0.4) is 0 Å². The van der Waals surface area contributed by atoms with Crippen LogP contribution in [0.15, 0.2) is 48.5 Å². The summed E-state index contributed by atoms with van der Waals surface area (Å²) in [4.78, 5) is 14.1. The third-order valence-corrected chi connectivity index (χ3v) is 4.42. The Bertz CT molecular complexity index is 898. The summed E-state index contributed by atoms with van der Waals surface area (Å²) >= 11 is 1.18. The molecule has 0 saturated carbocycles. The minimum Gasteiger partial charge on any atom is -0.320 e. The summed E-state index contributed by atoms with van der Waals surface area (Å²) in [5, 5.41) is 11.5. The average molecular weight is 374 g/mol. The van der Waals surface area contributed by atoms with E-state index in [1.165, 1.54) is 47.7 Å². The van der Waals surface area contributed by atoms with Crippen molar-refractivity contribution >= 4 is 22.9 Å². The molecule has 5 nitrogen and oxygen atoms in total. The maximum Gasteiger partial charge on any atom is 0.286 e. The van der Waals surface area contributed by atoms with Crippen molar-refractivity contribution in [3.05, 3.63) is 75.7 Å². The quantitative estimate of drug-likeness (QED) is 0.715. The molecule has 3 rings (SSSR count). The first-order chi connectivity index (χ1) is 12.5. The van der Waals surface area contributed by atoms with E-state index in [0.717, 1.165) is 5.56 Å². The Hall–Kier alpha value is -2.71. The predicted molar refractivity (Wildman–Crippen MR) is 95.8 cm³/mol. The zero-order valence-corrected chi connectivity index (χ0v) is 14.8. The molecule has 3 aromatic rings. The zero-order chi connectivity index (χ0) is 18.5. The number of hydrogen-bond donors (Lipinski definition) is 1. The molecule has 1 heterocycles. The number of amides is 1. The van der Waals surface area contributed by atoms with Gasteiger partial charge in [-0.25, -0.2) is 8.78 Å². The molecule has 0 unspecified atom stereocenters. The Balaban J connectivity index is 1.58. The number of anilines is 1. The molecule has 0 spiro atoms. The van der Waals surface area contributed by atoms with Gasteiger partial charge in [-0.2, -0.15) is 0 Å². The standard InChI is InChI=1S/C18H16F2N4OS/c1-24(10-12-3-2-4-14(20)9-12)11-16-22-23-18(26-16)17(25)21-15-7-5-13(19)6-8-15/h2-9H,10-11H2,1H3,(H,21,25). The molecule has 0 fully saturated rings. The molecule has 0 atom stereocenters. The van der Waals surface area contributed by atoms with Crippen molar-refractivity contribution in [2.75, 3.05) is 12.4 Å². The lowest BCUT2D eigenvalue weighted by Gasteiger charge is -2.14. The summed E-state index contributed by atoms with van der Waals surface area (Å²) in [6.07, 6.45) is 0. The van der Waals surface area contributed by atoms with Crippen LogP contribution < -0.4 is 5.32 Å². The van der Waals surface area contributed by atoms with Gasteiger partial charge in [0.2, 0.25) is 5.01 Å². The van der Waals surface area contributed by atoms with Gasteiger partial charge in [0.1, 0.15) is 16.6 Å². The van der Waals surface area contributed by atoms with Crippen LogP contribution in [-0.4, -0.2) is 28.1 Å². The molecule has 0 bridgehead atoms. The molecule has 2 aromatic carbocycles. The molecular weight excluding hydrogens is 358 g/mol. The minimum absolute atomic E-state index is 0.225. The average Bonchev–Trinajstić information content (AvgIpc) is 3.05. The molecular formula is C18H16F2N4OS. The van der Waals surface area contributed by atoms with Crippen molar-refractivity contribution < 1.29 is 13.6 Å². The van der Waals surface area contributed by atoms with Gasteiger partial charge in [0.05, 0.1) is 6.54 Å². The lowest BCUT2D eigenvalue weighted by Crippen LogP contribution is -2.17. The van der Waals surface area contributed by atoms with Gasteiger partial charge in [-0.15, -0.1) is 10.2 Å². The highest BCUT2D eigenvalue weighted by atomic mass is 32.1. The Labute approximate surface area is 153 Å². The fraction of sp³-hybridized carbons (Fsp3) is 0.167. The lowest BCUT2D eigenvalue weighted by molar-refractivity contribution is 0.102. The highest BCUT2D eigenvalue weighted by Gasteiger charge is 2.14. The highest BCUT2D eigenvalue weighted by molar-refractivity contribution is 7.13. The molecule has 134 valence electrons. The van der Waals surface area contributed by atoms with Gasteiger partial charge in [-0.1, -0.05) is 23.5 Å². The van der Waals surface area contributed by atoms with Gasteiger partial charge < -0.3 is 5.32 Å². The third-order valence-electron chi connectivity index (χ3n) is 3.51. The lowest BCUT2D eigenvalue weighted by atomic mass is 10.2. The van der Waals surface area contributed by atoms with Crippen molar-refractivity contribution in [2.24, 2.45) is 0 Å². The molecule has 1 N–H and O–H groups in total. The maximum atomic E-state index is 13.2. The van der Waals surface area contributed by atoms with E-state index in [4.69, 9.17) is 0 Å². The van der Waals surface area contributed by atoms with E-state index >= 15 is 0 Å². The third kappa shape index (κ3) is 4.90. The Morgan fingerprint density at radius 2 is 1.85 bits per heavy atom. The molecule has 0 aliphatic carbocycles. The first-order valence-corrected chi connectivity index (χ1v) is 8.63. The first kappa shape index (κ1) is 18.1. The van der Waals surface area contributed by atoms with Crippen LogP contribution in [0.5, 0.6) is 0 Å². The van der Waals surface area contributed by atoms with Crippen molar-refractivity contribution in [1.82, 2.24) is 15.1 Å². The summed E-state index contributed by atoms with van der Waals surface area (Å²) in [5.74, 6) is -1.04. The van der Waals surface area contributed by atoms with Gasteiger partial charge >= 0.3 is 0 Å². The predicted octanol–water partition coefficient (Wildman–Crippen LogP) is 3.70. The van der Waals surface area contributed by atoms with E-state index in [0.29, 0.717) is 23.8 Å². The molecule has 1 amide bonds. The van der Waals surface area contributed by atoms with Crippen molar-refractivity contribution in [3.8, 4) is 0 Å². The van der Waals surface area contributed by atoms with Crippen molar-refractivity contribution in [3.63, 3.8) is 0 Å². The summed E-state index contributed by atoms with van der Waals surface area (Å²) in [6.45, 7) is 1.03. The number of rotatable bonds is 6. The summed E-state index contributed by atoms with van der Waals surface area (Å²) in [6, 6.07) is 11.9. The number of halogens is 2. The van der Waals surface area contributed by atoms with E-state index in [1.54, 1.807) is 6.07 Å². The number of hydrogen-bond acceptors (Lipinski definition) is 5. The van der Waals surface area contributed by atoms with Gasteiger partial charge in [0.15, 0.2) is 0 Å². The van der Waals surface area contributed by atoms with Crippen molar-refractivity contribution in [2.45, 2.75) is 13.1 Å². The topological polar surface area (TPSA) is 58.1 Å². The smallest absolute Gasteiger partial charge is 0.286 e. The van der Waals surface area contributed by atoms with Crippen LogP contribution >= 0.6 is 11.3 Å². The Kier molecular flexibility index (Phi) is 5.65. The monoisotopic (exact) mass is 374 g/mol. The molecule has 0 radical (unpaired) electrons. The molecule has 0 aliphatic heterocycles. The van der Waals surface area contributed by atoms with E-state index in [-0.39, 0.29) is 16.6 Å². The van der Waals surface area contributed by atoms with E-state index < -0.39 is 5.91 Å². The SMILES string of the molecule is CN(Cc1cccc(F)c1)Cc1nnc(C(=O)Nc2ccc(F)cc2)s1. The minimum atomic E-state index is -0.395. The second-order valence-corrected chi connectivity index (χ2v) is 6.83. The van der Waals surface area contributed by atoms with Crippen LogP contribution in [-0.2, 0) is 13.1 Å². The highest BCUT2D eigenvalue weighted by Crippen LogP contribution is 2.16. The van der Waals surface area contributed by atoms with Crippen LogP contribution in [0.25, 0.3) is 0 Å². The Morgan fingerprint density at radius 3 is 2.58 bits per heavy atom. The van der Waals surface area contributed by atoms with Gasteiger partial charge in [-0.05, 0) is 49.0 Å². The molecule has 0 saturated heterocycles. The number of aromatic nitrogens is 2. The van der Waals surface area contributed by atoms with Crippen LogP contribution in [0.4, 0.5) is 14.5 Å². The number of nitrogens with one attached hydrogen (secondary N) is 1. The fourth-order valence-corrected chi connectivity index (χ4v) is 3.18. The number of carbonyl (C=O) groups excluding carboxylic acids is 1. The van der Waals surface area contributed by atoms with Gasteiger partial charge in [-0.3, -0.25) is 9.69 Å². The summed E-state index contributed by atoms with van der Waals surface area (Å²) in [5.41, 5.74) is 1.34. The molecule has 0 aliphatic rings. The number of nitrogens with zero attached hydrogens (tertiary/aromatic N) is 3. The number of benzene rings is 2. The van der Waals surface area contributed by atoms with Crippen LogP contribution in [0.1, 0.15) is 20.4 Å². The zero-order valence-electron chi connectivity index (χ0n) is 13.9. The summed E-state index contributed by atoms with van der Waals surface area (Å²) in [7, 11) is 1.88. The van der Waals surface area contributed by atoms with Gasteiger partial charge in [0.25, 0.3) is 5.91 Å². The summed E-state index contributed by atoms with van der Waals surface area (Å²) < 4.78 is 26.1. The fourth-order valence-electron chi connectivity index (χ4n) is 2.36. The molecule has 1 aromatic heterocycles. The molecule has 8 heteroatoms. The van der Waals surface area contributed by atoms with Crippen molar-refractivity contribution in [1.29, 1.82) is 0 Å². The number of carbonyl (C=O) groups is 1. The first-order valence-electron chi connectivity index (χ1n) is 7.82. The largest absolute Gasteiger partial charge is 0.320 e. The second-order valence-electron chi connectivity index (χ2n) is 5.76. The van der Waals surface area contributed by atoms with E-state index in [9.17, 15) is 13.6 Å². The normalized spacial score (nSPS) is 10.9. The molecule has 26 heavy (non-hydrogen) atoms. The van der Waals surface area contributed by atoms with Crippen LogP contribution in [0, 0.1) is 11.6 Å². The van der Waals surface area contributed by atoms with Crippen LogP contribution in [0.2, 0.25) is 0 Å². The van der Waals surface area contributed by atoms with Gasteiger partial charge in [0, 0.05) is 12.2 Å². The van der Waals surface area contributed by atoms with E-state index in [1.807, 2.05) is 18.0 Å². The Morgan fingerprint density at radius 1 is 1.08 bits per heavy atom. The second kappa shape index (κ2) is 8.11. The maximum absolute atomic E-state index is 13.2. The van der Waals surface area contributed by atoms with E-state index in [2.05, 4.69) is 15.5 Å².